The number of benzene rings is 4. The smallest absolute Gasteiger partial charge is 0.268 e. The molecule has 9 heteroatoms. The zero-order valence-corrected chi connectivity index (χ0v) is 21.9. The summed E-state index contributed by atoms with van der Waals surface area (Å²) in [6, 6.07) is 13.4. The fourth-order valence-corrected chi connectivity index (χ4v) is 5.92. The van der Waals surface area contributed by atoms with E-state index in [2.05, 4.69) is 0 Å². The molecular formula is C31H21F3N2O4. The molecule has 0 atom stereocenters. The Labute approximate surface area is 226 Å². The van der Waals surface area contributed by atoms with Gasteiger partial charge in [-0.2, -0.15) is 13.2 Å². The van der Waals surface area contributed by atoms with Gasteiger partial charge < -0.3 is 0 Å². The molecular weight excluding hydrogens is 521 g/mol. The van der Waals surface area contributed by atoms with Crippen LogP contribution in [0.3, 0.4) is 0 Å². The summed E-state index contributed by atoms with van der Waals surface area (Å²) in [4.78, 5) is 56.9. The predicted octanol–water partition coefficient (Wildman–Crippen LogP) is 6.69. The number of nitrogens with zero attached hydrogens (tertiary/aromatic N) is 2. The van der Waals surface area contributed by atoms with Crippen molar-refractivity contribution in [2.24, 2.45) is 0 Å². The van der Waals surface area contributed by atoms with Crippen molar-refractivity contribution in [3.8, 4) is 0 Å². The van der Waals surface area contributed by atoms with E-state index in [4.69, 9.17) is 0 Å². The second kappa shape index (κ2) is 8.35. The number of carbonyl (C=O) groups excluding carboxylic acids is 4. The lowest BCUT2D eigenvalue weighted by molar-refractivity contribution is -0.137. The SMILES string of the molecule is Cc1cccc(C)c1N1C(=O)c2ccc3c4c(c(C(F)(F)F)cc(c24)C1=O)C(=O)N(c1c(C)cccc1C)C3=O. The van der Waals surface area contributed by atoms with Crippen LogP contribution < -0.4 is 9.80 Å². The van der Waals surface area contributed by atoms with Crippen molar-refractivity contribution >= 4 is 45.8 Å². The number of imide groups is 2. The number of anilines is 2. The van der Waals surface area contributed by atoms with E-state index < -0.39 is 46.5 Å². The van der Waals surface area contributed by atoms with Gasteiger partial charge in [0.2, 0.25) is 0 Å². The van der Waals surface area contributed by atoms with Gasteiger partial charge >= 0.3 is 6.18 Å². The van der Waals surface area contributed by atoms with Crippen molar-refractivity contribution in [3.63, 3.8) is 0 Å². The predicted molar refractivity (Wildman–Crippen MR) is 143 cm³/mol. The number of aryl methyl sites for hydroxylation is 4. The summed E-state index contributed by atoms with van der Waals surface area (Å²) >= 11 is 0. The first kappa shape index (κ1) is 25.5. The first-order chi connectivity index (χ1) is 18.8. The van der Waals surface area contributed by atoms with Gasteiger partial charge in [0.1, 0.15) is 0 Å². The molecule has 0 saturated heterocycles. The summed E-state index contributed by atoms with van der Waals surface area (Å²) in [5.41, 5.74) is -0.0577. The number of halogens is 3. The molecule has 4 aromatic carbocycles. The third kappa shape index (κ3) is 3.30. The van der Waals surface area contributed by atoms with Crippen LogP contribution in [0.1, 0.15) is 69.2 Å². The van der Waals surface area contributed by atoms with Crippen LogP contribution >= 0.6 is 0 Å². The number of para-hydroxylation sites is 2. The topological polar surface area (TPSA) is 74.8 Å². The minimum atomic E-state index is -5.04. The highest BCUT2D eigenvalue weighted by Gasteiger charge is 2.47. The molecule has 0 saturated carbocycles. The molecule has 0 radical (unpaired) electrons. The quantitative estimate of drug-likeness (QED) is 0.265. The molecule has 0 fully saturated rings. The van der Waals surface area contributed by atoms with E-state index in [-0.39, 0.29) is 33.3 Å². The largest absolute Gasteiger partial charge is 0.417 e. The average molecular weight is 543 g/mol. The molecule has 0 spiro atoms. The van der Waals surface area contributed by atoms with Gasteiger partial charge in [-0.25, -0.2) is 9.80 Å². The molecule has 0 N–H and O–H groups in total. The highest BCUT2D eigenvalue weighted by atomic mass is 19.4. The molecule has 40 heavy (non-hydrogen) atoms. The van der Waals surface area contributed by atoms with Crippen molar-refractivity contribution in [1.29, 1.82) is 0 Å². The lowest BCUT2D eigenvalue weighted by atomic mass is 9.82. The van der Waals surface area contributed by atoms with Crippen LogP contribution in [0.2, 0.25) is 0 Å². The van der Waals surface area contributed by atoms with Crippen LogP contribution in [-0.4, -0.2) is 23.6 Å². The second-order valence-corrected chi connectivity index (χ2v) is 10.1. The highest BCUT2D eigenvalue weighted by molar-refractivity contribution is 6.42. The molecule has 2 aliphatic rings. The zero-order chi connectivity index (χ0) is 28.8. The first-order valence-corrected chi connectivity index (χ1v) is 12.5. The Morgan fingerprint density at radius 3 is 1.40 bits per heavy atom. The molecule has 4 aromatic rings. The number of rotatable bonds is 2. The molecule has 2 heterocycles. The Balaban J connectivity index is 1.70. The summed E-state index contributed by atoms with van der Waals surface area (Å²) in [6.45, 7) is 6.70. The molecule has 0 aliphatic carbocycles. The maximum atomic E-state index is 14.6. The molecule has 0 unspecified atom stereocenters. The van der Waals surface area contributed by atoms with E-state index >= 15 is 0 Å². The fraction of sp³-hybridized carbons (Fsp3) is 0.161. The van der Waals surface area contributed by atoms with E-state index in [0.29, 0.717) is 28.3 Å². The van der Waals surface area contributed by atoms with Gasteiger partial charge in [-0.05, 0) is 68.1 Å². The normalized spacial score (nSPS) is 15.0. The summed E-state index contributed by atoms with van der Waals surface area (Å²) in [7, 11) is 0. The second-order valence-electron chi connectivity index (χ2n) is 10.1. The van der Waals surface area contributed by atoms with Crippen molar-refractivity contribution in [3.05, 3.63) is 105 Å². The standard InChI is InChI=1S/C31H21F3N2O4/c1-14-7-5-8-15(2)25(14)35-27(37)18-11-12-19-23-22(18)20(29(35)39)13-21(31(32,33)34)24(23)30(40)36(28(19)38)26-16(3)9-6-10-17(26)4/h5-13H,1-4H3. The van der Waals surface area contributed by atoms with Crippen LogP contribution in [0.25, 0.3) is 10.8 Å². The van der Waals surface area contributed by atoms with E-state index in [1.165, 1.54) is 12.1 Å². The van der Waals surface area contributed by atoms with E-state index in [1.54, 1.807) is 64.1 Å². The number of hydrogen-bond donors (Lipinski definition) is 0. The molecule has 0 bridgehead atoms. The van der Waals surface area contributed by atoms with E-state index in [1.807, 2.05) is 0 Å². The molecule has 0 aromatic heterocycles. The molecule has 200 valence electrons. The maximum Gasteiger partial charge on any atom is 0.417 e. The Morgan fingerprint density at radius 1 is 0.550 bits per heavy atom. The van der Waals surface area contributed by atoms with Crippen molar-refractivity contribution in [1.82, 2.24) is 0 Å². The number of amides is 4. The van der Waals surface area contributed by atoms with Crippen molar-refractivity contribution in [2.75, 3.05) is 9.80 Å². The minimum Gasteiger partial charge on any atom is -0.268 e. The Morgan fingerprint density at radius 2 is 0.950 bits per heavy atom. The lowest BCUT2D eigenvalue weighted by Crippen LogP contribution is -2.45. The molecule has 6 nitrogen and oxygen atoms in total. The monoisotopic (exact) mass is 542 g/mol. The molecule has 6 rings (SSSR count). The van der Waals surface area contributed by atoms with Crippen LogP contribution in [0.5, 0.6) is 0 Å². The van der Waals surface area contributed by atoms with E-state index in [9.17, 15) is 32.3 Å². The van der Waals surface area contributed by atoms with Gasteiger partial charge in [0.15, 0.2) is 0 Å². The van der Waals surface area contributed by atoms with Crippen LogP contribution in [0.4, 0.5) is 24.5 Å². The summed E-state index contributed by atoms with van der Waals surface area (Å²) in [5, 5.41) is -0.455. The lowest BCUT2D eigenvalue weighted by Gasteiger charge is -2.34. The van der Waals surface area contributed by atoms with Crippen LogP contribution in [0.15, 0.2) is 54.6 Å². The number of hydrogen-bond acceptors (Lipinski definition) is 4. The summed E-state index contributed by atoms with van der Waals surface area (Å²) < 4.78 is 43.9. The maximum absolute atomic E-state index is 14.6. The Bertz CT molecular complexity index is 1830. The summed E-state index contributed by atoms with van der Waals surface area (Å²) in [6.07, 6.45) is -5.04. The Hall–Kier alpha value is -4.79. The third-order valence-corrected chi connectivity index (χ3v) is 7.63. The zero-order valence-electron chi connectivity index (χ0n) is 21.9. The van der Waals surface area contributed by atoms with Crippen molar-refractivity contribution < 1.29 is 32.3 Å². The molecule has 4 amide bonds. The number of alkyl halides is 3. The van der Waals surface area contributed by atoms with Gasteiger partial charge in [-0.15, -0.1) is 0 Å². The first-order valence-electron chi connectivity index (χ1n) is 12.5. The highest BCUT2D eigenvalue weighted by Crippen LogP contribution is 2.46. The molecule has 2 aliphatic heterocycles. The average Bonchev–Trinajstić information content (AvgIpc) is 2.88. The van der Waals surface area contributed by atoms with Gasteiger partial charge in [-0.1, -0.05) is 36.4 Å². The Kier molecular flexibility index (Phi) is 5.32. The van der Waals surface area contributed by atoms with Gasteiger partial charge in [0.05, 0.1) is 22.5 Å². The van der Waals surface area contributed by atoms with Gasteiger partial charge in [0, 0.05) is 27.5 Å². The van der Waals surface area contributed by atoms with Gasteiger partial charge in [0.25, 0.3) is 23.6 Å². The minimum absolute atomic E-state index is 0.0629. The van der Waals surface area contributed by atoms with Crippen molar-refractivity contribution in [2.45, 2.75) is 33.9 Å². The van der Waals surface area contributed by atoms with E-state index in [0.717, 1.165) is 9.80 Å². The van der Waals surface area contributed by atoms with Crippen LogP contribution in [0, 0.1) is 27.7 Å². The fourth-order valence-electron chi connectivity index (χ4n) is 5.92. The van der Waals surface area contributed by atoms with Crippen LogP contribution in [-0.2, 0) is 6.18 Å². The van der Waals surface area contributed by atoms with Gasteiger partial charge in [-0.3, -0.25) is 19.2 Å². The third-order valence-electron chi connectivity index (χ3n) is 7.63. The number of carbonyl (C=O) groups is 4. The summed E-state index contributed by atoms with van der Waals surface area (Å²) in [5.74, 6) is -3.70.